The number of rotatable bonds is 3. The highest BCUT2D eigenvalue weighted by Gasteiger charge is 2.27. The lowest BCUT2D eigenvalue weighted by molar-refractivity contribution is 0.306. The molecule has 1 N–H and O–H groups in total. The Morgan fingerprint density at radius 3 is 2.76 bits per heavy atom. The number of nitrogens with one attached hydrogen (secondary N) is 1. The minimum absolute atomic E-state index is 0.0960. The highest BCUT2D eigenvalue weighted by molar-refractivity contribution is 7.85. The van der Waals surface area contributed by atoms with E-state index in [1.54, 1.807) is 0 Å². The van der Waals surface area contributed by atoms with E-state index in [0.29, 0.717) is 0 Å². The van der Waals surface area contributed by atoms with Crippen LogP contribution in [0.15, 0.2) is 4.99 Å². The number of alkyl halides is 3. The number of amidine groups is 1. The van der Waals surface area contributed by atoms with Crippen LogP contribution in [0.3, 0.4) is 0 Å². The molecule has 0 aliphatic carbocycles. The first kappa shape index (κ1) is 14.7. The second kappa shape index (κ2) is 5.50. The minimum atomic E-state index is -4.16. The van der Waals surface area contributed by atoms with Gasteiger partial charge in [0.1, 0.15) is 19.3 Å². The fourth-order valence-corrected chi connectivity index (χ4v) is 1.87. The molecule has 0 aromatic heterocycles. The summed E-state index contributed by atoms with van der Waals surface area (Å²) in [6.07, 6.45) is 5.08. The van der Waals surface area contributed by atoms with Crippen molar-refractivity contribution in [1.82, 2.24) is 4.72 Å². The zero-order chi connectivity index (χ0) is 13.1. The van der Waals surface area contributed by atoms with Gasteiger partial charge in [-0.1, -0.05) is 40.7 Å². The van der Waals surface area contributed by atoms with Crippen LogP contribution in [0, 0.1) is 12.3 Å². The predicted molar refractivity (Wildman–Crippen MR) is 64.3 cm³/mol. The zero-order valence-electron chi connectivity index (χ0n) is 8.19. The molecule has 1 rings (SSSR count). The molecule has 0 saturated heterocycles. The maximum Gasteiger partial charge on any atom is 0.363 e. The van der Waals surface area contributed by atoms with Crippen LogP contribution in [0.25, 0.3) is 0 Å². The van der Waals surface area contributed by atoms with E-state index in [4.69, 9.17) is 46.0 Å². The van der Waals surface area contributed by atoms with E-state index in [0.717, 1.165) is 0 Å². The van der Waals surface area contributed by atoms with E-state index < -0.39 is 26.7 Å². The molecule has 1 aliphatic heterocycles. The summed E-state index contributed by atoms with van der Waals surface area (Å²) in [7, 11) is -4.16. The quantitative estimate of drug-likeness (QED) is 0.610. The Labute approximate surface area is 113 Å². The number of aliphatic imine (C=N–C) groups is 1. The second-order valence-electron chi connectivity index (χ2n) is 2.86. The van der Waals surface area contributed by atoms with Gasteiger partial charge >= 0.3 is 16.3 Å². The van der Waals surface area contributed by atoms with Gasteiger partial charge in [-0.15, -0.1) is 6.42 Å². The Balaban J connectivity index is 2.54. The van der Waals surface area contributed by atoms with Crippen molar-refractivity contribution in [1.29, 1.82) is 0 Å². The first-order valence-electron chi connectivity index (χ1n) is 4.12. The third kappa shape index (κ3) is 5.66. The van der Waals surface area contributed by atoms with Crippen LogP contribution < -0.4 is 4.72 Å². The van der Waals surface area contributed by atoms with Gasteiger partial charge in [0.15, 0.2) is 0 Å². The molecule has 0 amide bonds. The molecule has 1 unspecified atom stereocenters. The van der Waals surface area contributed by atoms with Crippen LogP contribution in [-0.2, 0) is 19.2 Å². The molecule has 0 saturated carbocycles. The fraction of sp³-hybridized carbons (Fsp3) is 0.571. The lowest BCUT2D eigenvalue weighted by atomic mass is 10.4. The van der Waals surface area contributed by atoms with Gasteiger partial charge in [-0.05, 0) is 0 Å². The fourth-order valence-electron chi connectivity index (χ4n) is 0.796. The summed E-state index contributed by atoms with van der Waals surface area (Å²) in [6.45, 7) is -0.544. The molecule has 10 heteroatoms. The van der Waals surface area contributed by atoms with Crippen LogP contribution in [-0.4, -0.2) is 37.5 Å². The topological polar surface area (TPSA) is 77.0 Å². The van der Waals surface area contributed by atoms with E-state index in [1.165, 1.54) is 0 Å². The summed E-state index contributed by atoms with van der Waals surface area (Å²) in [4.78, 5) is 3.73. The molecule has 96 valence electrons. The highest BCUT2D eigenvalue weighted by Crippen LogP contribution is 2.26. The third-order valence-corrected chi connectivity index (χ3v) is 2.61. The Bertz CT molecular complexity index is 451. The second-order valence-corrected chi connectivity index (χ2v) is 6.73. The van der Waals surface area contributed by atoms with Gasteiger partial charge in [0.2, 0.25) is 3.79 Å². The molecule has 1 atom stereocenters. The lowest BCUT2D eigenvalue weighted by Crippen LogP contribution is -2.34. The number of halogens is 3. The van der Waals surface area contributed by atoms with Crippen LogP contribution in [0.5, 0.6) is 0 Å². The van der Waals surface area contributed by atoms with Crippen molar-refractivity contribution in [2.24, 2.45) is 4.99 Å². The summed E-state index contributed by atoms with van der Waals surface area (Å²) in [5.74, 6) is 2.28. The molecular formula is C7H7Cl3N2O4S. The largest absolute Gasteiger partial charge is 0.461 e. The monoisotopic (exact) mass is 320 g/mol. The van der Waals surface area contributed by atoms with Crippen molar-refractivity contribution in [3.8, 4) is 12.3 Å². The average Bonchev–Trinajstić information content (AvgIpc) is 2.61. The third-order valence-electron chi connectivity index (χ3n) is 1.43. The van der Waals surface area contributed by atoms with Gasteiger partial charge in [0.25, 0.3) is 0 Å². The Hall–Kier alpha value is -0.390. The van der Waals surface area contributed by atoms with Gasteiger partial charge in [0.05, 0.1) is 0 Å². The molecular weight excluding hydrogens is 315 g/mol. The van der Waals surface area contributed by atoms with E-state index in [1.807, 2.05) is 4.72 Å². The Kier molecular flexibility index (Phi) is 4.75. The van der Waals surface area contributed by atoms with Gasteiger partial charge in [0, 0.05) is 0 Å². The number of ether oxygens (including phenoxy) is 1. The molecule has 17 heavy (non-hydrogen) atoms. The summed E-state index contributed by atoms with van der Waals surface area (Å²) >= 11 is 16.0. The zero-order valence-corrected chi connectivity index (χ0v) is 11.3. The molecule has 0 bridgehead atoms. The molecule has 1 aliphatic rings. The summed E-state index contributed by atoms with van der Waals surface area (Å²) in [5, 5.41) is 0. The maximum absolute atomic E-state index is 11.3. The number of nitrogens with zero attached hydrogens (tertiary/aromatic N) is 1. The van der Waals surface area contributed by atoms with Crippen molar-refractivity contribution >= 4 is 51.1 Å². The summed E-state index contributed by atoms with van der Waals surface area (Å²) in [5.41, 5.74) is 0. The van der Waals surface area contributed by atoms with E-state index >= 15 is 0 Å². The van der Waals surface area contributed by atoms with Crippen molar-refractivity contribution in [3.05, 3.63) is 0 Å². The Morgan fingerprint density at radius 1 is 1.65 bits per heavy atom. The SMILES string of the molecule is C#CC1COC(NS(=O)(=O)OCC(Cl)(Cl)Cl)=N1. The van der Waals surface area contributed by atoms with Gasteiger partial charge in [-0.25, -0.2) is 13.9 Å². The predicted octanol–water partition coefficient (Wildman–Crippen LogP) is 0.596. The molecule has 0 aromatic carbocycles. The van der Waals surface area contributed by atoms with E-state index in [-0.39, 0.29) is 12.6 Å². The molecule has 0 spiro atoms. The van der Waals surface area contributed by atoms with Gasteiger partial charge in [-0.3, -0.25) is 0 Å². The smallest absolute Gasteiger partial charge is 0.363 e. The van der Waals surface area contributed by atoms with Crippen LogP contribution in [0.1, 0.15) is 0 Å². The lowest BCUT2D eigenvalue weighted by Gasteiger charge is -2.11. The first-order valence-corrected chi connectivity index (χ1v) is 6.67. The van der Waals surface area contributed by atoms with Crippen molar-refractivity contribution in [3.63, 3.8) is 0 Å². The van der Waals surface area contributed by atoms with E-state index in [9.17, 15) is 8.42 Å². The molecule has 6 nitrogen and oxygen atoms in total. The highest BCUT2D eigenvalue weighted by atomic mass is 35.6. The van der Waals surface area contributed by atoms with E-state index in [2.05, 4.69) is 15.1 Å². The van der Waals surface area contributed by atoms with Crippen molar-refractivity contribution in [2.45, 2.75) is 9.83 Å². The average molecular weight is 322 g/mol. The first-order chi connectivity index (χ1) is 7.72. The summed E-state index contributed by atoms with van der Waals surface area (Å²) < 4.78 is 31.9. The van der Waals surface area contributed by atoms with Crippen LogP contribution >= 0.6 is 34.8 Å². The number of hydrogen-bond donors (Lipinski definition) is 1. The normalized spacial score (nSPS) is 20.4. The number of terminal acetylenes is 1. The van der Waals surface area contributed by atoms with Crippen LogP contribution in [0.4, 0.5) is 0 Å². The molecule has 0 fully saturated rings. The van der Waals surface area contributed by atoms with Crippen LogP contribution in [0.2, 0.25) is 0 Å². The van der Waals surface area contributed by atoms with Crippen molar-refractivity contribution in [2.75, 3.05) is 13.2 Å². The van der Waals surface area contributed by atoms with Crippen molar-refractivity contribution < 1.29 is 17.3 Å². The number of hydrogen-bond acceptors (Lipinski definition) is 5. The Morgan fingerprint density at radius 2 is 2.29 bits per heavy atom. The molecule has 0 radical (unpaired) electrons. The minimum Gasteiger partial charge on any atom is -0.461 e. The maximum atomic E-state index is 11.3. The summed E-state index contributed by atoms with van der Waals surface area (Å²) in [6, 6.07) is -0.780. The molecule has 1 heterocycles. The van der Waals surface area contributed by atoms with Gasteiger partial charge in [-0.2, -0.15) is 8.42 Å². The molecule has 0 aromatic rings. The standard InChI is InChI=1S/C7H7Cl3N2O4S/c1-2-5-3-15-6(11-5)12-17(13,14)16-4-7(8,9)10/h1,5H,3-4H2,(H,11,12). The van der Waals surface area contributed by atoms with Gasteiger partial charge < -0.3 is 4.74 Å².